The van der Waals surface area contributed by atoms with Gasteiger partial charge in [-0.2, -0.15) is 0 Å². The molecule has 0 saturated carbocycles. The van der Waals surface area contributed by atoms with Gasteiger partial charge in [-0.05, 0) is 30.4 Å². The van der Waals surface area contributed by atoms with Crippen LogP contribution < -0.4 is 0 Å². The van der Waals surface area contributed by atoms with Crippen molar-refractivity contribution >= 4 is 0 Å². The number of unbranched alkanes of at least 4 members (excludes halogenated alkanes) is 9. The third kappa shape index (κ3) is 8.36. The zero-order valence-electron chi connectivity index (χ0n) is 23.3. The second-order valence-electron chi connectivity index (χ2n) is 10.9. The number of rotatable bonds is 18. The molecule has 0 amide bonds. The van der Waals surface area contributed by atoms with Crippen LogP contribution in [-0.2, 0) is 18.4 Å². The van der Waals surface area contributed by atoms with Crippen LogP contribution in [0.25, 0.3) is 0 Å². The number of hydrogen-bond acceptors (Lipinski definition) is 1. The van der Waals surface area contributed by atoms with Crippen molar-refractivity contribution in [3.63, 3.8) is 0 Å². The molecule has 0 radical (unpaired) electrons. The van der Waals surface area contributed by atoms with Gasteiger partial charge in [-0.15, -0.1) is 0 Å². The number of aryl methyl sites for hydroxylation is 1. The van der Waals surface area contributed by atoms with Gasteiger partial charge >= 0.3 is 0 Å². The van der Waals surface area contributed by atoms with Gasteiger partial charge in [-0.1, -0.05) is 146 Å². The largest absolute Gasteiger partial charge is 0.335 e. The molecule has 196 valence electrons. The van der Waals surface area contributed by atoms with Crippen LogP contribution in [0.3, 0.4) is 0 Å². The second-order valence-corrected chi connectivity index (χ2v) is 10.9. The molecule has 0 aliphatic carbocycles. The zero-order chi connectivity index (χ0) is 25.5. The first-order valence-electron chi connectivity index (χ1n) is 14.8. The van der Waals surface area contributed by atoms with E-state index in [0.717, 1.165) is 25.8 Å². The maximum Gasteiger partial charge on any atom is 0.112 e. The van der Waals surface area contributed by atoms with Crippen molar-refractivity contribution in [2.45, 2.75) is 122 Å². The second kappa shape index (κ2) is 15.7. The normalized spacial score (nSPS) is 14.0. The maximum absolute atomic E-state index is 5.00. The summed E-state index contributed by atoms with van der Waals surface area (Å²) in [5.41, 5.74) is 2.80. The Morgan fingerprint density at radius 3 is 1.92 bits per heavy atom. The minimum atomic E-state index is -0.0144. The highest BCUT2D eigenvalue weighted by Gasteiger charge is 2.38. The first kappa shape index (κ1) is 28.2. The van der Waals surface area contributed by atoms with Crippen molar-refractivity contribution in [2.24, 2.45) is 0 Å². The lowest BCUT2D eigenvalue weighted by Gasteiger charge is -2.39. The van der Waals surface area contributed by atoms with E-state index in [4.69, 9.17) is 4.98 Å². The molecule has 2 aromatic carbocycles. The quantitative estimate of drug-likeness (QED) is 0.164. The molecule has 2 nitrogen and oxygen atoms in total. The average Bonchev–Trinajstić information content (AvgIpc) is 3.37. The van der Waals surface area contributed by atoms with Crippen LogP contribution in [0.4, 0.5) is 0 Å². The molecule has 3 aromatic rings. The van der Waals surface area contributed by atoms with E-state index in [-0.39, 0.29) is 5.41 Å². The van der Waals surface area contributed by atoms with E-state index in [9.17, 15) is 0 Å². The molecule has 1 aromatic heterocycles. The zero-order valence-corrected chi connectivity index (χ0v) is 23.3. The first-order valence-corrected chi connectivity index (χ1v) is 14.8. The van der Waals surface area contributed by atoms with Gasteiger partial charge in [-0.3, -0.25) is 0 Å². The van der Waals surface area contributed by atoms with Gasteiger partial charge in [0.05, 0.1) is 0 Å². The maximum atomic E-state index is 5.00. The van der Waals surface area contributed by atoms with Crippen LogP contribution in [0.1, 0.15) is 121 Å². The van der Waals surface area contributed by atoms with E-state index >= 15 is 0 Å². The van der Waals surface area contributed by atoms with Gasteiger partial charge in [0.2, 0.25) is 0 Å². The Hall–Kier alpha value is -2.35. The highest BCUT2D eigenvalue weighted by molar-refractivity contribution is 5.33. The van der Waals surface area contributed by atoms with Gasteiger partial charge in [0.15, 0.2) is 0 Å². The number of aromatic nitrogens is 2. The van der Waals surface area contributed by atoms with Crippen LogP contribution in [0, 0.1) is 0 Å². The summed E-state index contributed by atoms with van der Waals surface area (Å²) < 4.78 is 2.47. The summed E-state index contributed by atoms with van der Waals surface area (Å²) in [7, 11) is 0. The molecule has 2 heteroatoms. The van der Waals surface area contributed by atoms with Crippen LogP contribution in [0.5, 0.6) is 0 Å². The standard InChI is InChI=1S/C34H50N2/c1-4-6-7-8-9-10-11-12-13-20-27-36-28-26-35-33(36)32(21-5-2)34(3,31-24-18-15-19-25-31)29-30-22-16-14-17-23-30/h14-19,22-26,28,32H,4-13,20-21,27,29H2,1-3H3. The Labute approximate surface area is 221 Å². The molecule has 0 N–H and O–H groups in total. The van der Waals surface area contributed by atoms with E-state index < -0.39 is 0 Å². The fraction of sp³-hybridized carbons (Fsp3) is 0.559. The molecular weight excluding hydrogens is 436 g/mol. The monoisotopic (exact) mass is 486 g/mol. The van der Waals surface area contributed by atoms with Crippen molar-refractivity contribution in [3.05, 3.63) is 90.0 Å². The summed E-state index contributed by atoms with van der Waals surface area (Å²) in [6.07, 6.45) is 21.3. The van der Waals surface area contributed by atoms with E-state index in [2.05, 4.69) is 92.2 Å². The summed E-state index contributed by atoms with van der Waals surface area (Å²) in [5, 5.41) is 0. The molecule has 0 aliphatic heterocycles. The molecule has 2 unspecified atom stereocenters. The molecule has 0 aliphatic rings. The lowest BCUT2D eigenvalue weighted by Crippen LogP contribution is -2.35. The Morgan fingerprint density at radius 1 is 0.722 bits per heavy atom. The number of nitrogens with zero attached hydrogens (tertiary/aromatic N) is 2. The van der Waals surface area contributed by atoms with Gasteiger partial charge in [-0.25, -0.2) is 4.98 Å². The van der Waals surface area contributed by atoms with E-state index in [0.29, 0.717) is 5.92 Å². The molecule has 1 heterocycles. The van der Waals surface area contributed by atoms with Crippen LogP contribution in [0.2, 0.25) is 0 Å². The van der Waals surface area contributed by atoms with Gasteiger partial charge in [0, 0.05) is 30.3 Å². The number of imidazole rings is 1. The predicted molar refractivity (Wildman–Crippen MR) is 156 cm³/mol. The van der Waals surface area contributed by atoms with E-state index in [1.54, 1.807) is 0 Å². The molecule has 2 atom stereocenters. The third-order valence-corrected chi connectivity index (χ3v) is 8.01. The Bertz CT molecular complexity index is 946. The lowest BCUT2D eigenvalue weighted by molar-refractivity contribution is 0.328. The van der Waals surface area contributed by atoms with E-state index in [1.807, 2.05) is 6.20 Å². The summed E-state index contributed by atoms with van der Waals surface area (Å²) >= 11 is 0. The molecule has 0 fully saturated rings. The topological polar surface area (TPSA) is 17.8 Å². The fourth-order valence-electron chi connectivity index (χ4n) is 5.88. The highest BCUT2D eigenvalue weighted by atomic mass is 15.1. The van der Waals surface area contributed by atoms with Crippen molar-refractivity contribution in [3.8, 4) is 0 Å². The van der Waals surface area contributed by atoms with Crippen molar-refractivity contribution in [1.29, 1.82) is 0 Å². The number of benzene rings is 2. The molecule has 0 spiro atoms. The lowest BCUT2D eigenvalue weighted by atomic mass is 9.66. The molecular formula is C34H50N2. The summed E-state index contributed by atoms with van der Waals surface area (Å²) in [4.78, 5) is 5.00. The first-order chi connectivity index (χ1) is 17.7. The minimum absolute atomic E-state index is 0.0144. The van der Waals surface area contributed by atoms with Crippen molar-refractivity contribution in [2.75, 3.05) is 0 Å². The van der Waals surface area contributed by atoms with Crippen molar-refractivity contribution < 1.29 is 0 Å². The third-order valence-electron chi connectivity index (χ3n) is 8.01. The van der Waals surface area contributed by atoms with Gasteiger partial charge < -0.3 is 4.57 Å². The van der Waals surface area contributed by atoms with Crippen LogP contribution in [-0.4, -0.2) is 9.55 Å². The Kier molecular flexibility index (Phi) is 12.3. The Morgan fingerprint density at radius 2 is 1.31 bits per heavy atom. The van der Waals surface area contributed by atoms with Gasteiger partial charge in [0.25, 0.3) is 0 Å². The Balaban J connectivity index is 1.67. The summed E-state index contributed by atoms with van der Waals surface area (Å²) in [6, 6.07) is 22.2. The van der Waals surface area contributed by atoms with E-state index in [1.165, 1.54) is 81.2 Å². The highest BCUT2D eigenvalue weighted by Crippen LogP contribution is 2.44. The van der Waals surface area contributed by atoms with Gasteiger partial charge in [0.1, 0.15) is 5.82 Å². The molecule has 0 saturated heterocycles. The van der Waals surface area contributed by atoms with Crippen LogP contribution in [0.15, 0.2) is 73.1 Å². The fourth-order valence-corrected chi connectivity index (χ4v) is 5.88. The SMILES string of the molecule is CCCCCCCCCCCCn1ccnc1C(CCC)C(C)(Cc1ccccc1)c1ccccc1. The summed E-state index contributed by atoms with van der Waals surface area (Å²) in [6.45, 7) is 8.16. The van der Waals surface area contributed by atoms with Crippen molar-refractivity contribution in [1.82, 2.24) is 9.55 Å². The molecule has 0 bridgehead atoms. The predicted octanol–water partition coefficient (Wildman–Crippen LogP) is 9.89. The smallest absolute Gasteiger partial charge is 0.112 e. The molecule has 3 rings (SSSR count). The average molecular weight is 487 g/mol. The number of hydrogen-bond donors (Lipinski definition) is 0. The van der Waals surface area contributed by atoms with Crippen LogP contribution >= 0.6 is 0 Å². The summed E-state index contributed by atoms with van der Waals surface area (Å²) in [5.74, 6) is 1.65. The molecule has 36 heavy (non-hydrogen) atoms. The minimum Gasteiger partial charge on any atom is -0.335 e.